The molecule has 0 aliphatic carbocycles. The monoisotopic (exact) mass is 272 g/mol. The zero-order chi connectivity index (χ0) is 13.7. The van der Waals surface area contributed by atoms with Gasteiger partial charge in [-0.3, -0.25) is 0 Å². The number of benzene rings is 2. The third kappa shape index (κ3) is 3.70. The molecule has 0 atom stereocenters. The molecular weight excluding hydrogens is 260 g/mol. The maximum atomic E-state index is 11.4. The molecule has 0 amide bonds. The Hall–Kier alpha value is -2.06. The second kappa shape index (κ2) is 6.21. The van der Waals surface area contributed by atoms with Gasteiger partial charge in [0.1, 0.15) is 0 Å². The molecule has 2 nitrogen and oxygen atoms in total. The molecule has 0 N–H and O–H groups in total. The van der Waals surface area contributed by atoms with Gasteiger partial charge < -0.3 is 4.74 Å². The minimum absolute atomic E-state index is 0.332. The summed E-state index contributed by atoms with van der Waals surface area (Å²) in [6.45, 7) is 0. The molecule has 0 aromatic heterocycles. The molecular formula is C16H13ClO2. The highest BCUT2D eigenvalue weighted by molar-refractivity contribution is 6.30. The van der Waals surface area contributed by atoms with Crippen LogP contribution in [0, 0.1) is 0 Å². The molecule has 2 aromatic carbocycles. The van der Waals surface area contributed by atoms with Gasteiger partial charge in [0.05, 0.1) is 12.7 Å². The van der Waals surface area contributed by atoms with Gasteiger partial charge in [-0.15, -0.1) is 0 Å². The summed E-state index contributed by atoms with van der Waals surface area (Å²) in [4.78, 5) is 11.4. The Morgan fingerprint density at radius 1 is 1.05 bits per heavy atom. The van der Waals surface area contributed by atoms with E-state index in [1.807, 2.05) is 48.6 Å². The first-order valence-electron chi connectivity index (χ1n) is 5.81. The highest BCUT2D eigenvalue weighted by Gasteiger charge is 2.03. The van der Waals surface area contributed by atoms with Gasteiger partial charge in [-0.05, 0) is 35.4 Å². The maximum absolute atomic E-state index is 11.4. The van der Waals surface area contributed by atoms with Crippen LogP contribution in [0.3, 0.4) is 0 Å². The Morgan fingerprint density at radius 2 is 1.74 bits per heavy atom. The number of halogens is 1. The Morgan fingerprint density at radius 3 is 2.42 bits per heavy atom. The largest absolute Gasteiger partial charge is 0.465 e. The fraction of sp³-hybridized carbons (Fsp3) is 0.0625. The first-order valence-corrected chi connectivity index (χ1v) is 6.19. The van der Waals surface area contributed by atoms with Crippen molar-refractivity contribution in [2.24, 2.45) is 0 Å². The van der Waals surface area contributed by atoms with Gasteiger partial charge in [0, 0.05) is 5.02 Å². The quantitative estimate of drug-likeness (QED) is 0.615. The molecule has 19 heavy (non-hydrogen) atoms. The van der Waals surface area contributed by atoms with E-state index in [9.17, 15) is 4.79 Å². The predicted molar refractivity (Wildman–Crippen MR) is 78.2 cm³/mol. The lowest BCUT2D eigenvalue weighted by Crippen LogP contribution is -2.00. The summed E-state index contributed by atoms with van der Waals surface area (Å²) in [7, 11) is 1.37. The summed E-state index contributed by atoms with van der Waals surface area (Å²) in [6, 6.07) is 14.8. The van der Waals surface area contributed by atoms with Crippen molar-refractivity contribution >= 4 is 29.7 Å². The van der Waals surface area contributed by atoms with Crippen molar-refractivity contribution in [3.8, 4) is 0 Å². The second-order valence-corrected chi connectivity index (χ2v) is 4.44. The SMILES string of the molecule is COC(=O)c1cccc(/C=C/c2ccc(Cl)cc2)c1. The van der Waals surface area contributed by atoms with Gasteiger partial charge in [0.15, 0.2) is 0 Å². The number of rotatable bonds is 3. The lowest BCUT2D eigenvalue weighted by molar-refractivity contribution is 0.0600. The van der Waals surface area contributed by atoms with Crippen LogP contribution in [0.15, 0.2) is 48.5 Å². The highest BCUT2D eigenvalue weighted by Crippen LogP contribution is 2.13. The average Bonchev–Trinajstić information content (AvgIpc) is 2.46. The van der Waals surface area contributed by atoms with E-state index < -0.39 is 0 Å². The van der Waals surface area contributed by atoms with Crippen LogP contribution in [0.1, 0.15) is 21.5 Å². The summed E-state index contributed by atoms with van der Waals surface area (Å²) < 4.78 is 4.69. The number of esters is 1. The van der Waals surface area contributed by atoms with E-state index in [0.717, 1.165) is 11.1 Å². The van der Waals surface area contributed by atoms with Crippen molar-refractivity contribution in [3.05, 3.63) is 70.2 Å². The molecule has 2 rings (SSSR count). The average molecular weight is 273 g/mol. The van der Waals surface area contributed by atoms with Crippen molar-refractivity contribution in [3.63, 3.8) is 0 Å². The molecule has 0 fully saturated rings. The van der Waals surface area contributed by atoms with Crippen molar-refractivity contribution in [1.82, 2.24) is 0 Å². The number of methoxy groups -OCH3 is 1. The van der Waals surface area contributed by atoms with E-state index in [4.69, 9.17) is 11.6 Å². The Balaban J connectivity index is 2.19. The van der Waals surface area contributed by atoms with Gasteiger partial charge in [0.25, 0.3) is 0 Å². The molecule has 2 aromatic rings. The van der Waals surface area contributed by atoms with Gasteiger partial charge in [-0.25, -0.2) is 4.79 Å². The molecule has 0 radical (unpaired) electrons. The van der Waals surface area contributed by atoms with Crippen LogP contribution in [0.2, 0.25) is 5.02 Å². The van der Waals surface area contributed by atoms with Crippen LogP contribution in [-0.4, -0.2) is 13.1 Å². The van der Waals surface area contributed by atoms with Gasteiger partial charge in [-0.2, -0.15) is 0 Å². The normalized spacial score (nSPS) is 10.6. The highest BCUT2D eigenvalue weighted by atomic mass is 35.5. The smallest absolute Gasteiger partial charge is 0.337 e. The van der Waals surface area contributed by atoms with Crippen molar-refractivity contribution < 1.29 is 9.53 Å². The summed E-state index contributed by atoms with van der Waals surface area (Å²) in [5.74, 6) is -0.332. The molecule has 0 aliphatic heterocycles. The lowest BCUT2D eigenvalue weighted by atomic mass is 10.1. The zero-order valence-electron chi connectivity index (χ0n) is 10.5. The van der Waals surface area contributed by atoms with Crippen LogP contribution >= 0.6 is 11.6 Å². The van der Waals surface area contributed by atoms with Crippen molar-refractivity contribution in [2.45, 2.75) is 0 Å². The topological polar surface area (TPSA) is 26.3 Å². The molecule has 3 heteroatoms. The van der Waals surface area contributed by atoms with Crippen molar-refractivity contribution in [2.75, 3.05) is 7.11 Å². The van der Waals surface area contributed by atoms with Crippen LogP contribution in [0.4, 0.5) is 0 Å². The van der Waals surface area contributed by atoms with E-state index in [1.165, 1.54) is 7.11 Å². The second-order valence-electron chi connectivity index (χ2n) is 4.00. The third-order valence-electron chi connectivity index (χ3n) is 2.65. The van der Waals surface area contributed by atoms with E-state index >= 15 is 0 Å². The number of carbonyl (C=O) groups excluding carboxylic acids is 1. The maximum Gasteiger partial charge on any atom is 0.337 e. The molecule has 0 saturated heterocycles. The fourth-order valence-corrected chi connectivity index (χ4v) is 1.78. The summed E-state index contributed by atoms with van der Waals surface area (Å²) in [5.41, 5.74) is 2.53. The fourth-order valence-electron chi connectivity index (χ4n) is 1.65. The van der Waals surface area contributed by atoms with E-state index in [-0.39, 0.29) is 5.97 Å². The standard InChI is InChI=1S/C16H13ClO2/c1-19-16(18)14-4-2-3-13(11-14)6-5-12-7-9-15(17)10-8-12/h2-11H,1H3/b6-5+. The number of ether oxygens (including phenoxy) is 1. The van der Waals surface area contributed by atoms with Crippen LogP contribution in [0.25, 0.3) is 12.2 Å². The zero-order valence-corrected chi connectivity index (χ0v) is 11.2. The number of hydrogen-bond donors (Lipinski definition) is 0. The first-order chi connectivity index (χ1) is 9.19. The molecule has 96 valence electrons. The molecule has 0 aliphatic rings. The predicted octanol–water partition coefficient (Wildman–Crippen LogP) is 4.30. The summed E-state index contributed by atoms with van der Waals surface area (Å²) in [5, 5.41) is 0.713. The first kappa shape index (κ1) is 13.4. The summed E-state index contributed by atoms with van der Waals surface area (Å²) >= 11 is 5.82. The molecule has 0 spiro atoms. The Kier molecular flexibility index (Phi) is 4.37. The van der Waals surface area contributed by atoms with Crippen molar-refractivity contribution in [1.29, 1.82) is 0 Å². The minimum Gasteiger partial charge on any atom is -0.465 e. The van der Waals surface area contributed by atoms with Crippen LogP contribution < -0.4 is 0 Å². The third-order valence-corrected chi connectivity index (χ3v) is 2.90. The van der Waals surface area contributed by atoms with Crippen LogP contribution in [-0.2, 0) is 4.74 Å². The molecule has 0 saturated carbocycles. The molecule has 0 bridgehead atoms. The Labute approximate surface area is 117 Å². The lowest BCUT2D eigenvalue weighted by Gasteiger charge is -2.00. The van der Waals surface area contributed by atoms with E-state index in [0.29, 0.717) is 10.6 Å². The molecule has 0 unspecified atom stereocenters. The summed E-state index contributed by atoms with van der Waals surface area (Å²) in [6.07, 6.45) is 3.91. The van der Waals surface area contributed by atoms with Gasteiger partial charge in [0.2, 0.25) is 0 Å². The van der Waals surface area contributed by atoms with E-state index in [2.05, 4.69) is 4.74 Å². The van der Waals surface area contributed by atoms with E-state index in [1.54, 1.807) is 12.1 Å². The minimum atomic E-state index is -0.332. The van der Waals surface area contributed by atoms with Crippen LogP contribution in [0.5, 0.6) is 0 Å². The number of hydrogen-bond acceptors (Lipinski definition) is 2. The molecule has 0 heterocycles. The van der Waals surface area contributed by atoms with Gasteiger partial charge in [-0.1, -0.05) is 48.0 Å². The Bertz CT molecular complexity index is 600. The number of carbonyl (C=O) groups is 1. The van der Waals surface area contributed by atoms with Gasteiger partial charge >= 0.3 is 5.97 Å².